The third-order valence-corrected chi connectivity index (χ3v) is 4.62. The summed E-state index contributed by atoms with van der Waals surface area (Å²) in [5, 5.41) is 3.78. The highest BCUT2D eigenvalue weighted by Gasteiger charge is 2.21. The summed E-state index contributed by atoms with van der Waals surface area (Å²) in [5.74, 6) is 1.87. The van der Waals surface area contributed by atoms with Crippen LogP contribution < -0.4 is 10.1 Å². The van der Waals surface area contributed by atoms with Gasteiger partial charge >= 0.3 is 0 Å². The van der Waals surface area contributed by atoms with Crippen molar-refractivity contribution in [2.75, 3.05) is 6.61 Å². The van der Waals surface area contributed by atoms with Crippen LogP contribution in [-0.4, -0.2) is 12.6 Å². The van der Waals surface area contributed by atoms with Crippen LogP contribution >= 0.6 is 0 Å². The van der Waals surface area contributed by atoms with Gasteiger partial charge in [-0.25, -0.2) is 0 Å². The number of hydrogen-bond acceptors (Lipinski definition) is 2. The largest absolute Gasteiger partial charge is 0.494 e. The lowest BCUT2D eigenvalue weighted by molar-refractivity contribution is 0.261. The number of hydrogen-bond donors (Lipinski definition) is 1. The molecule has 0 aromatic heterocycles. The zero-order valence-electron chi connectivity index (χ0n) is 13.7. The average molecular weight is 289 g/mol. The minimum Gasteiger partial charge on any atom is -0.494 e. The molecule has 1 aromatic carbocycles. The molecule has 1 saturated carbocycles. The molecule has 1 N–H and O–H groups in total. The maximum Gasteiger partial charge on any atom is 0.119 e. The summed E-state index contributed by atoms with van der Waals surface area (Å²) >= 11 is 0. The predicted molar refractivity (Wildman–Crippen MR) is 89.7 cm³/mol. The summed E-state index contributed by atoms with van der Waals surface area (Å²) in [5.41, 5.74) is 1.35. The lowest BCUT2D eigenvalue weighted by Crippen LogP contribution is -2.36. The topological polar surface area (TPSA) is 21.3 Å². The van der Waals surface area contributed by atoms with Crippen LogP contribution in [0.5, 0.6) is 5.75 Å². The van der Waals surface area contributed by atoms with Gasteiger partial charge in [-0.1, -0.05) is 45.2 Å². The standard InChI is InChI=1S/C19H31NO/c1-3-14-21-18-12-10-16(11-13-18)15-20-19(4-2)17-8-6-5-7-9-17/h10-13,17,19-20H,3-9,14-15H2,1-2H3. The predicted octanol–water partition coefficient (Wildman–Crippen LogP) is 4.92. The molecule has 0 radical (unpaired) electrons. The van der Waals surface area contributed by atoms with E-state index in [9.17, 15) is 0 Å². The van der Waals surface area contributed by atoms with Gasteiger partial charge in [0.25, 0.3) is 0 Å². The third-order valence-electron chi connectivity index (χ3n) is 4.62. The summed E-state index contributed by atoms with van der Waals surface area (Å²) in [7, 11) is 0. The first-order chi connectivity index (χ1) is 10.3. The average Bonchev–Trinajstić information content (AvgIpc) is 2.55. The van der Waals surface area contributed by atoms with E-state index in [1.807, 2.05) is 0 Å². The first kappa shape index (κ1) is 16.4. The summed E-state index contributed by atoms with van der Waals surface area (Å²) in [6.45, 7) is 6.22. The van der Waals surface area contributed by atoms with Crippen molar-refractivity contribution < 1.29 is 4.74 Å². The molecule has 0 aliphatic heterocycles. The molecule has 0 saturated heterocycles. The fourth-order valence-electron chi connectivity index (χ4n) is 3.35. The minimum absolute atomic E-state index is 0.682. The first-order valence-electron chi connectivity index (χ1n) is 8.78. The van der Waals surface area contributed by atoms with Crippen molar-refractivity contribution in [3.63, 3.8) is 0 Å². The molecule has 0 amide bonds. The second-order valence-electron chi connectivity index (χ2n) is 6.29. The SMILES string of the molecule is CCCOc1ccc(CNC(CC)C2CCCCC2)cc1. The quantitative estimate of drug-likeness (QED) is 0.733. The molecular formula is C19H31NO. The van der Waals surface area contributed by atoms with Crippen molar-refractivity contribution in [2.24, 2.45) is 5.92 Å². The normalized spacial score (nSPS) is 17.6. The van der Waals surface area contributed by atoms with Crippen LogP contribution in [0.1, 0.15) is 64.4 Å². The number of benzene rings is 1. The van der Waals surface area contributed by atoms with Gasteiger partial charge in [0.15, 0.2) is 0 Å². The van der Waals surface area contributed by atoms with Gasteiger partial charge in [-0.3, -0.25) is 0 Å². The Morgan fingerprint density at radius 1 is 1.10 bits per heavy atom. The van der Waals surface area contributed by atoms with Gasteiger partial charge in [-0.15, -0.1) is 0 Å². The zero-order chi connectivity index (χ0) is 14.9. The van der Waals surface area contributed by atoms with Gasteiger partial charge in [-0.2, -0.15) is 0 Å². The summed E-state index contributed by atoms with van der Waals surface area (Å²) in [6.07, 6.45) is 9.40. The van der Waals surface area contributed by atoms with Crippen LogP contribution in [0, 0.1) is 5.92 Å². The molecule has 2 heteroatoms. The number of ether oxygens (including phenoxy) is 1. The summed E-state index contributed by atoms with van der Waals surface area (Å²) in [6, 6.07) is 9.24. The van der Waals surface area contributed by atoms with E-state index in [1.165, 1.54) is 44.1 Å². The molecule has 1 fully saturated rings. The molecule has 2 rings (SSSR count). The maximum atomic E-state index is 5.63. The highest BCUT2D eigenvalue weighted by molar-refractivity contribution is 5.27. The Morgan fingerprint density at radius 3 is 2.43 bits per heavy atom. The smallest absolute Gasteiger partial charge is 0.119 e. The molecule has 2 nitrogen and oxygen atoms in total. The zero-order valence-corrected chi connectivity index (χ0v) is 13.7. The van der Waals surface area contributed by atoms with Crippen LogP contribution in [0.15, 0.2) is 24.3 Å². The van der Waals surface area contributed by atoms with Crippen LogP contribution in [-0.2, 0) is 6.54 Å². The molecule has 0 bridgehead atoms. The second kappa shape index (κ2) is 9.09. The van der Waals surface area contributed by atoms with Crippen LogP contribution in [0.25, 0.3) is 0 Å². The van der Waals surface area contributed by atoms with Crippen molar-refractivity contribution in [3.05, 3.63) is 29.8 Å². The van der Waals surface area contributed by atoms with Crippen molar-refractivity contribution in [2.45, 2.75) is 71.4 Å². The lowest BCUT2D eigenvalue weighted by atomic mass is 9.83. The van der Waals surface area contributed by atoms with E-state index < -0.39 is 0 Å². The van der Waals surface area contributed by atoms with Gasteiger partial charge < -0.3 is 10.1 Å². The number of rotatable bonds is 8. The Bertz CT molecular complexity index is 381. The van der Waals surface area contributed by atoms with E-state index in [0.29, 0.717) is 6.04 Å². The molecule has 0 spiro atoms. The van der Waals surface area contributed by atoms with Gasteiger partial charge in [0.2, 0.25) is 0 Å². The van der Waals surface area contributed by atoms with Crippen LogP contribution in [0.2, 0.25) is 0 Å². The summed E-state index contributed by atoms with van der Waals surface area (Å²) in [4.78, 5) is 0. The Labute approximate surface area is 130 Å². The lowest BCUT2D eigenvalue weighted by Gasteiger charge is -2.30. The third kappa shape index (κ3) is 5.35. The fraction of sp³-hybridized carbons (Fsp3) is 0.684. The molecule has 1 unspecified atom stereocenters. The van der Waals surface area contributed by atoms with Gasteiger partial charge in [0.05, 0.1) is 6.61 Å². The van der Waals surface area contributed by atoms with E-state index in [2.05, 4.69) is 43.4 Å². The summed E-state index contributed by atoms with van der Waals surface area (Å²) < 4.78 is 5.63. The molecule has 1 aliphatic rings. The second-order valence-corrected chi connectivity index (χ2v) is 6.29. The van der Waals surface area contributed by atoms with E-state index in [0.717, 1.165) is 31.2 Å². The molecular weight excluding hydrogens is 258 g/mol. The van der Waals surface area contributed by atoms with E-state index >= 15 is 0 Å². The highest BCUT2D eigenvalue weighted by Crippen LogP contribution is 2.27. The van der Waals surface area contributed by atoms with Crippen molar-refractivity contribution in [1.29, 1.82) is 0 Å². The van der Waals surface area contributed by atoms with E-state index in [1.54, 1.807) is 0 Å². The Kier molecular flexibility index (Phi) is 7.08. The van der Waals surface area contributed by atoms with Gasteiger partial charge in [0.1, 0.15) is 5.75 Å². The fourth-order valence-corrected chi connectivity index (χ4v) is 3.35. The minimum atomic E-state index is 0.682. The van der Waals surface area contributed by atoms with E-state index in [-0.39, 0.29) is 0 Å². The van der Waals surface area contributed by atoms with Crippen LogP contribution in [0.4, 0.5) is 0 Å². The molecule has 118 valence electrons. The van der Waals surface area contributed by atoms with Crippen molar-refractivity contribution in [1.82, 2.24) is 5.32 Å². The maximum absolute atomic E-state index is 5.63. The van der Waals surface area contributed by atoms with Gasteiger partial charge in [-0.05, 0) is 49.3 Å². The molecule has 0 heterocycles. The number of nitrogens with one attached hydrogen (secondary N) is 1. The molecule has 21 heavy (non-hydrogen) atoms. The Balaban J connectivity index is 1.80. The van der Waals surface area contributed by atoms with Crippen molar-refractivity contribution >= 4 is 0 Å². The Morgan fingerprint density at radius 2 is 1.81 bits per heavy atom. The van der Waals surface area contributed by atoms with Gasteiger partial charge in [0, 0.05) is 12.6 Å². The molecule has 1 atom stereocenters. The first-order valence-corrected chi connectivity index (χ1v) is 8.78. The van der Waals surface area contributed by atoms with Crippen LogP contribution in [0.3, 0.4) is 0 Å². The van der Waals surface area contributed by atoms with E-state index in [4.69, 9.17) is 4.74 Å². The monoisotopic (exact) mass is 289 g/mol. The molecule has 1 aliphatic carbocycles. The van der Waals surface area contributed by atoms with Crippen molar-refractivity contribution in [3.8, 4) is 5.75 Å². The highest BCUT2D eigenvalue weighted by atomic mass is 16.5. The molecule has 1 aromatic rings. The Hall–Kier alpha value is -1.02.